The number of sulfonamides is 1. The van der Waals surface area contributed by atoms with Crippen molar-refractivity contribution in [3.05, 3.63) is 17.0 Å². The first-order valence-electron chi connectivity index (χ1n) is 7.79. The zero-order valence-corrected chi connectivity index (χ0v) is 14.5. The Bertz CT molecular complexity index is 532. The maximum Gasteiger partial charge on any atom is 0.250 e. The van der Waals surface area contributed by atoms with Crippen molar-refractivity contribution in [3.8, 4) is 0 Å². The fourth-order valence-electron chi connectivity index (χ4n) is 2.59. The molecule has 0 saturated heterocycles. The van der Waals surface area contributed by atoms with Gasteiger partial charge in [-0.15, -0.1) is 11.3 Å². The molecule has 0 atom stereocenters. The van der Waals surface area contributed by atoms with Gasteiger partial charge in [0, 0.05) is 24.0 Å². The fourth-order valence-corrected chi connectivity index (χ4v) is 5.06. The summed E-state index contributed by atoms with van der Waals surface area (Å²) in [6, 6.07) is 4.01. The third kappa shape index (κ3) is 5.36. The molecule has 4 nitrogen and oxygen atoms in total. The molecule has 120 valence electrons. The topological polar surface area (TPSA) is 58.2 Å². The van der Waals surface area contributed by atoms with E-state index in [1.807, 2.05) is 6.07 Å². The molecule has 1 heterocycles. The van der Waals surface area contributed by atoms with Crippen LogP contribution in [0, 0.1) is 5.92 Å². The summed E-state index contributed by atoms with van der Waals surface area (Å²) >= 11 is 1.36. The van der Waals surface area contributed by atoms with Crippen molar-refractivity contribution in [1.29, 1.82) is 0 Å². The molecule has 0 spiro atoms. The average Bonchev–Trinajstić information content (AvgIpc) is 2.94. The summed E-state index contributed by atoms with van der Waals surface area (Å²) in [4.78, 5) is 1.06. The van der Waals surface area contributed by atoms with Crippen molar-refractivity contribution in [2.75, 3.05) is 6.54 Å². The molecule has 2 N–H and O–H groups in total. The Hall–Kier alpha value is -0.430. The van der Waals surface area contributed by atoms with Gasteiger partial charge in [-0.3, -0.25) is 0 Å². The maximum atomic E-state index is 12.3. The zero-order chi connectivity index (χ0) is 15.3. The highest BCUT2D eigenvalue weighted by Gasteiger charge is 2.20. The first-order valence-corrected chi connectivity index (χ1v) is 10.1. The fraction of sp³-hybridized carbons (Fsp3) is 0.733. The van der Waals surface area contributed by atoms with Gasteiger partial charge in [0.2, 0.25) is 10.0 Å². The number of hydrogen-bond donors (Lipinski definition) is 2. The first-order chi connectivity index (χ1) is 9.97. The predicted octanol–water partition coefficient (Wildman–Crippen LogP) is 3.10. The lowest BCUT2D eigenvalue weighted by atomic mass is 9.90. The van der Waals surface area contributed by atoms with E-state index >= 15 is 0 Å². The van der Waals surface area contributed by atoms with Gasteiger partial charge in [-0.25, -0.2) is 13.1 Å². The number of nitrogens with one attached hydrogen (secondary N) is 2. The highest BCUT2D eigenvalue weighted by molar-refractivity contribution is 7.91. The normalized spacial score (nSPS) is 17.5. The first kappa shape index (κ1) is 16.9. The lowest BCUT2D eigenvalue weighted by Crippen LogP contribution is -2.29. The molecule has 1 aromatic heterocycles. The molecule has 1 aliphatic carbocycles. The standard InChI is InChI=1S/C15H26N2O2S2/c1-12(2)16-11-14-8-9-15(20-14)21(18,19)17-10-13-6-4-3-5-7-13/h8-9,12-13,16-17H,3-7,10-11H2,1-2H3. The van der Waals surface area contributed by atoms with Crippen LogP contribution in [0.25, 0.3) is 0 Å². The van der Waals surface area contributed by atoms with E-state index in [0.717, 1.165) is 24.3 Å². The second-order valence-corrected chi connectivity index (χ2v) is 9.27. The highest BCUT2D eigenvalue weighted by atomic mass is 32.2. The van der Waals surface area contributed by atoms with Crippen LogP contribution in [0.15, 0.2) is 16.3 Å². The van der Waals surface area contributed by atoms with Gasteiger partial charge in [-0.05, 0) is 30.9 Å². The molecule has 21 heavy (non-hydrogen) atoms. The summed E-state index contributed by atoms with van der Waals surface area (Å²) in [5.41, 5.74) is 0. The van der Waals surface area contributed by atoms with E-state index in [9.17, 15) is 8.42 Å². The van der Waals surface area contributed by atoms with Crippen LogP contribution < -0.4 is 10.0 Å². The SMILES string of the molecule is CC(C)NCc1ccc(S(=O)(=O)NCC2CCCCC2)s1. The van der Waals surface area contributed by atoms with Gasteiger partial charge in [0.25, 0.3) is 0 Å². The van der Waals surface area contributed by atoms with Gasteiger partial charge in [-0.2, -0.15) is 0 Å². The minimum absolute atomic E-state index is 0.400. The van der Waals surface area contributed by atoms with Crippen LogP contribution >= 0.6 is 11.3 Å². The van der Waals surface area contributed by atoms with Crippen LogP contribution in [0.4, 0.5) is 0 Å². The van der Waals surface area contributed by atoms with Crippen LogP contribution in [-0.2, 0) is 16.6 Å². The minimum atomic E-state index is -3.34. The van der Waals surface area contributed by atoms with Crippen molar-refractivity contribution >= 4 is 21.4 Å². The maximum absolute atomic E-state index is 12.3. The summed E-state index contributed by atoms with van der Waals surface area (Å²) in [6.07, 6.45) is 6.06. The number of rotatable bonds is 7. The molecule has 1 fully saturated rings. The quantitative estimate of drug-likeness (QED) is 0.807. The second kappa shape index (κ2) is 7.72. The molecule has 0 aromatic carbocycles. The van der Waals surface area contributed by atoms with Gasteiger partial charge in [0.1, 0.15) is 4.21 Å². The van der Waals surface area contributed by atoms with Crippen molar-refractivity contribution in [2.24, 2.45) is 5.92 Å². The largest absolute Gasteiger partial charge is 0.310 e. The third-order valence-corrected chi connectivity index (χ3v) is 6.87. The Morgan fingerprint density at radius 3 is 2.62 bits per heavy atom. The molecule has 1 saturated carbocycles. The van der Waals surface area contributed by atoms with Crippen LogP contribution in [0.5, 0.6) is 0 Å². The van der Waals surface area contributed by atoms with E-state index in [1.165, 1.54) is 30.6 Å². The lowest BCUT2D eigenvalue weighted by molar-refractivity contribution is 0.357. The van der Waals surface area contributed by atoms with E-state index in [2.05, 4.69) is 23.9 Å². The molecule has 2 rings (SSSR count). The van der Waals surface area contributed by atoms with E-state index in [-0.39, 0.29) is 0 Å². The second-order valence-electron chi connectivity index (χ2n) is 6.11. The summed E-state index contributed by atoms with van der Waals surface area (Å²) in [5.74, 6) is 0.510. The molecule has 6 heteroatoms. The van der Waals surface area contributed by atoms with Gasteiger partial charge in [0.05, 0.1) is 0 Å². The van der Waals surface area contributed by atoms with Gasteiger partial charge in [-0.1, -0.05) is 33.1 Å². The van der Waals surface area contributed by atoms with Crippen LogP contribution in [0.2, 0.25) is 0 Å². The average molecular weight is 331 g/mol. The monoisotopic (exact) mass is 330 g/mol. The zero-order valence-electron chi connectivity index (χ0n) is 12.9. The van der Waals surface area contributed by atoms with Gasteiger partial charge >= 0.3 is 0 Å². The number of thiophene rings is 1. The summed E-state index contributed by atoms with van der Waals surface area (Å²) < 4.78 is 27.8. The molecular weight excluding hydrogens is 304 g/mol. The van der Waals surface area contributed by atoms with Crippen LogP contribution in [-0.4, -0.2) is 21.0 Å². The molecule has 1 aliphatic rings. The van der Waals surface area contributed by atoms with E-state index in [4.69, 9.17) is 0 Å². The van der Waals surface area contributed by atoms with E-state index in [1.54, 1.807) is 6.07 Å². The molecule has 0 radical (unpaired) electrons. The summed E-state index contributed by atoms with van der Waals surface area (Å²) in [7, 11) is -3.34. The van der Waals surface area contributed by atoms with Crippen LogP contribution in [0.3, 0.4) is 0 Å². The Morgan fingerprint density at radius 1 is 1.24 bits per heavy atom. The molecule has 0 bridgehead atoms. The Balaban J connectivity index is 1.89. The minimum Gasteiger partial charge on any atom is -0.310 e. The highest BCUT2D eigenvalue weighted by Crippen LogP contribution is 2.25. The van der Waals surface area contributed by atoms with Crippen molar-refractivity contribution < 1.29 is 8.42 Å². The Labute approximate surface area is 132 Å². The molecule has 0 unspecified atom stereocenters. The molecule has 0 amide bonds. The lowest BCUT2D eigenvalue weighted by Gasteiger charge is -2.21. The smallest absolute Gasteiger partial charge is 0.250 e. The van der Waals surface area contributed by atoms with Crippen molar-refractivity contribution in [3.63, 3.8) is 0 Å². The van der Waals surface area contributed by atoms with E-state index < -0.39 is 10.0 Å². The molecular formula is C15H26N2O2S2. The third-order valence-electron chi connectivity index (χ3n) is 3.87. The van der Waals surface area contributed by atoms with Gasteiger partial charge < -0.3 is 5.32 Å². The summed E-state index contributed by atoms with van der Waals surface area (Å²) in [6.45, 7) is 5.47. The predicted molar refractivity (Wildman–Crippen MR) is 88.1 cm³/mol. The Morgan fingerprint density at radius 2 is 1.95 bits per heavy atom. The van der Waals surface area contributed by atoms with Crippen molar-refractivity contribution in [1.82, 2.24) is 10.0 Å². The number of hydrogen-bond acceptors (Lipinski definition) is 4. The van der Waals surface area contributed by atoms with E-state index in [0.29, 0.717) is 22.7 Å². The Kier molecular flexibility index (Phi) is 6.22. The van der Waals surface area contributed by atoms with Crippen molar-refractivity contribution in [2.45, 2.75) is 62.7 Å². The summed E-state index contributed by atoms with van der Waals surface area (Å²) in [5, 5.41) is 3.31. The molecule has 1 aromatic rings. The van der Waals surface area contributed by atoms with Gasteiger partial charge in [0.15, 0.2) is 0 Å². The van der Waals surface area contributed by atoms with Crippen LogP contribution in [0.1, 0.15) is 50.8 Å². The molecule has 0 aliphatic heterocycles.